The number of benzene rings is 2. The van der Waals surface area contributed by atoms with Crippen LogP contribution in [0.5, 0.6) is 5.75 Å². The Balaban J connectivity index is 2.38. The van der Waals surface area contributed by atoms with Gasteiger partial charge in [0.1, 0.15) is 11.6 Å². The van der Waals surface area contributed by atoms with E-state index in [1.54, 1.807) is 13.2 Å². The average Bonchev–Trinajstić information content (AvgIpc) is 2.38. The fourth-order valence-electron chi connectivity index (χ4n) is 1.73. The molecule has 0 amide bonds. The minimum atomic E-state index is -0.219. The van der Waals surface area contributed by atoms with Crippen LogP contribution in [0.1, 0.15) is 16.0 Å². The van der Waals surface area contributed by atoms with Gasteiger partial charge in [-0.2, -0.15) is 0 Å². The lowest BCUT2D eigenvalue weighted by Crippen LogP contribution is -1.97. The Hall–Kier alpha value is -0.140. The highest BCUT2D eigenvalue weighted by molar-refractivity contribution is 14.1. The fourth-order valence-corrected chi connectivity index (χ4v) is 4.19. The van der Waals surface area contributed by atoms with Crippen molar-refractivity contribution in [1.29, 1.82) is 0 Å². The van der Waals surface area contributed by atoms with Crippen LogP contribution in [0, 0.1) is 9.39 Å². The molecule has 1 unspecified atom stereocenters. The summed E-state index contributed by atoms with van der Waals surface area (Å²) in [4.78, 5) is 0.0159. The number of halogens is 4. The van der Waals surface area contributed by atoms with Crippen LogP contribution in [0.3, 0.4) is 0 Å². The molecule has 0 aromatic heterocycles. The minimum absolute atomic E-state index is 0.0159. The molecule has 5 heteroatoms. The van der Waals surface area contributed by atoms with E-state index in [9.17, 15) is 4.39 Å². The molecule has 1 atom stereocenters. The Morgan fingerprint density at radius 3 is 2.53 bits per heavy atom. The SMILES string of the molecule is COc1ccc(C(Br)c2ccc(F)cc2I)cc1Br. The van der Waals surface area contributed by atoms with Gasteiger partial charge in [-0.1, -0.05) is 28.1 Å². The number of rotatable bonds is 3. The summed E-state index contributed by atoms with van der Waals surface area (Å²) in [6, 6.07) is 10.7. The fraction of sp³-hybridized carbons (Fsp3) is 0.143. The number of ether oxygens (including phenoxy) is 1. The summed E-state index contributed by atoms with van der Waals surface area (Å²) < 4.78 is 20.1. The van der Waals surface area contributed by atoms with Gasteiger partial charge >= 0.3 is 0 Å². The van der Waals surface area contributed by atoms with Crippen molar-refractivity contribution in [1.82, 2.24) is 0 Å². The maximum Gasteiger partial charge on any atom is 0.133 e. The van der Waals surface area contributed by atoms with E-state index >= 15 is 0 Å². The predicted molar refractivity (Wildman–Crippen MR) is 90.6 cm³/mol. The third-order valence-electron chi connectivity index (χ3n) is 2.70. The third kappa shape index (κ3) is 3.49. The molecule has 0 aliphatic rings. The monoisotopic (exact) mass is 498 g/mol. The number of hydrogen-bond donors (Lipinski definition) is 0. The summed E-state index contributed by atoms with van der Waals surface area (Å²) in [6.07, 6.45) is 0. The van der Waals surface area contributed by atoms with E-state index in [-0.39, 0.29) is 10.6 Å². The Morgan fingerprint density at radius 2 is 1.95 bits per heavy atom. The van der Waals surface area contributed by atoms with Crippen LogP contribution in [0.15, 0.2) is 40.9 Å². The quantitative estimate of drug-likeness (QED) is 0.390. The molecule has 0 saturated carbocycles. The molecule has 0 spiro atoms. The van der Waals surface area contributed by atoms with Crippen molar-refractivity contribution in [3.8, 4) is 5.75 Å². The lowest BCUT2D eigenvalue weighted by molar-refractivity contribution is 0.412. The van der Waals surface area contributed by atoms with Crippen LogP contribution >= 0.6 is 54.5 Å². The Labute approximate surface area is 141 Å². The summed E-state index contributed by atoms with van der Waals surface area (Å²) in [5, 5.41) is 0. The molecule has 0 aliphatic heterocycles. The van der Waals surface area contributed by atoms with Crippen molar-refractivity contribution >= 4 is 54.5 Å². The normalized spacial score (nSPS) is 12.3. The molecular formula is C14H10Br2FIO. The Morgan fingerprint density at radius 1 is 1.21 bits per heavy atom. The molecule has 2 aromatic carbocycles. The number of alkyl halides is 1. The summed E-state index contributed by atoms with van der Waals surface area (Å²) in [5.41, 5.74) is 2.12. The van der Waals surface area contributed by atoms with E-state index in [1.165, 1.54) is 12.1 Å². The molecule has 1 nitrogen and oxygen atoms in total. The second-order valence-electron chi connectivity index (χ2n) is 3.92. The first-order valence-corrected chi connectivity index (χ1v) is 8.24. The van der Waals surface area contributed by atoms with Gasteiger partial charge in [0.25, 0.3) is 0 Å². The first-order valence-electron chi connectivity index (χ1n) is 5.45. The maximum atomic E-state index is 13.1. The summed E-state index contributed by atoms with van der Waals surface area (Å²) in [6.45, 7) is 0. The number of methoxy groups -OCH3 is 1. The zero-order valence-corrected chi connectivity index (χ0v) is 15.3. The van der Waals surface area contributed by atoms with E-state index < -0.39 is 0 Å². The molecule has 0 fully saturated rings. The third-order valence-corrected chi connectivity index (χ3v) is 5.28. The Kier molecular flexibility index (Phi) is 5.25. The first kappa shape index (κ1) is 15.3. The number of hydrogen-bond acceptors (Lipinski definition) is 1. The lowest BCUT2D eigenvalue weighted by atomic mass is 10.0. The predicted octanol–water partition coefficient (Wildman–Crippen LogP) is 5.69. The van der Waals surface area contributed by atoms with Crippen LogP contribution in [0.2, 0.25) is 0 Å². The minimum Gasteiger partial charge on any atom is -0.496 e. The van der Waals surface area contributed by atoms with Gasteiger partial charge in [-0.05, 0) is 73.9 Å². The molecule has 0 aliphatic carbocycles. The van der Waals surface area contributed by atoms with E-state index in [2.05, 4.69) is 54.5 Å². The van der Waals surface area contributed by atoms with Crippen molar-refractivity contribution in [3.05, 3.63) is 61.4 Å². The van der Waals surface area contributed by atoms with Crippen molar-refractivity contribution in [3.63, 3.8) is 0 Å². The highest BCUT2D eigenvalue weighted by Crippen LogP contribution is 2.37. The average molecular weight is 500 g/mol. The van der Waals surface area contributed by atoms with Gasteiger partial charge in [0.05, 0.1) is 16.4 Å². The zero-order chi connectivity index (χ0) is 14.0. The van der Waals surface area contributed by atoms with Crippen molar-refractivity contribution in [2.75, 3.05) is 7.11 Å². The lowest BCUT2D eigenvalue weighted by Gasteiger charge is -2.14. The second-order valence-corrected chi connectivity index (χ2v) is 6.85. The van der Waals surface area contributed by atoms with Crippen LogP contribution in [0.25, 0.3) is 0 Å². The van der Waals surface area contributed by atoms with Gasteiger partial charge in [0.15, 0.2) is 0 Å². The van der Waals surface area contributed by atoms with Crippen molar-refractivity contribution in [2.24, 2.45) is 0 Å². The van der Waals surface area contributed by atoms with Gasteiger partial charge in [-0.15, -0.1) is 0 Å². The highest BCUT2D eigenvalue weighted by atomic mass is 127. The van der Waals surface area contributed by atoms with Crippen LogP contribution in [0.4, 0.5) is 4.39 Å². The largest absolute Gasteiger partial charge is 0.496 e. The van der Waals surface area contributed by atoms with Crippen LogP contribution in [-0.2, 0) is 0 Å². The van der Waals surface area contributed by atoms with Crippen molar-refractivity contribution in [2.45, 2.75) is 4.83 Å². The topological polar surface area (TPSA) is 9.23 Å². The molecule has 0 N–H and O–H groups in total. The van der Waals surface area contributed by atoms with Crippen LogP contribution < -0.4 is 4.74 Å². The molecule has 2 aromatic rings. The van der Waals surface area contributed by atoms with Crippen LogP contribution in [-0.4, -0.2) is 7.11 Å². The molecule has 0 heterocycles. The van der Waals surface area contributed by atoms with Gasteiger partial charge < -0.3 is 4.74 Å². The smallest absolute Gasteiger partial charge is 0.133 e. The Bertz CT molecular complexity index is 604. The molecule has 0 bridgehead atoms. The van der Waals surface area contributed by atoms with E-state index in [1.807, 2.05) is 18.2 Å². The van der Waals surface area contributed by atoms with Crippen molar-refractivity contribution < 1.29 is 9.13 Å². The molecular weight excluding hydrogens is 490 g/mol. The standard InChI is InChI=1S/C14H10Br2FIO/c1-19-13-5-2-8(6-11(13)15)14(16)10-4-3-9(17)7-12(10)18/h2-7,14H,1H3. The second kappa shape index (κ2) is 6.54. The van der Waals surface area contributed by atoms with Gasteiger partial charge in [-0.3, -0.25) is 0 Å². The van der Waals surface area contributed by atoms with E-state index in [0.29, 0.717) is 0 Å². The molecule has 19 heavy (non-hydrogen) atoms. The highest BCUT2D eigenvalue weighted by Gasteiger charge is 2.15. The van der Waals surface area contributed by atoms with Gasteiger partial charge in [0, 0.05) is 3.57 Å². The maximum absolute atomic E-state index is 13.1. The first-order chi connectivity index (χ1) is 9.02. The van der Waals surface area contributed by atoms with E-state index in [0.717, 1.165) is 24.9 Å². The molecule has 0 saturated heterocycles. The summed E-state index contributed by atoms with van der Waals surface area (Å²) in [7, 11) is 1.63. The molecule has 0 radical (unpaired) electrons. The molecule has 2 rings (SSSR count). The van der Waals surface area contributed by atoms with Gasteiger partial charge in [0.2, 0.25) is 0 Å². The van der Waals surface area contributed by atoms with Gasteiger partial charge in [-0.25, -0.2) is 4.39 Å². The molecule has 100 valence electrons. The summed E-state index contributed by atoms with van der Waals surface area (Å²) in [5.74, 6) is 0.570. The zero-order valence-electron chi connectivity index (χ0n) is 9.96. The van der Waals surface area contributed by atoms with E-state index in [4.69, 9.17) is 4.74 Å². The summed E-state index contributed by atoms with van der Waals surface area (Å²) >= 11 is 9.28.